The van der Waals surface area contributed by atoms with Crippen LogP contribution in [0, 0.1) is 11.8 Å². The average molecular weight is 548 g/mol. The van der Waals surface area contributed by atoms with Crippen molar-refractivity contribution in [1.29, 1.82) is 0 Å². The first-order valence-electron chi connectivity index (χ1n) is 12.0. The van der Waals surface area contributed by atoms with Gasteiger partial charge in [0.1, 0.15) is 17.7 Å². The number of nitrogens with two attached hydrogens (primary N) is 1. The third-order valence-corrected chi connectivity index (χ3v) is 7.03. The van der Waals surface area contributed by atoms with Crippen LogP contribution in [0.25, 0.3) is 11.2 Å². The van der Waals surface area contributed by atoms with Crippen LogP contribution in [0.2, 0.25) is 0 Å². The van der Waals surface area contributed by atoms with Crippen molar-refractivity contribution in [2.24, 2.45) is 0 Å². The van der Waals surface area contributed by atoms with Crippen LogP contribution in [0.1, 0.15) is 27.3 Å². The molecule has 0 bridgehead atoms. The monoisotopic (exact) mass is 547 g/mol. The van der Waals surface area contributed by atoms with Gasteiger partial charge in [0, 0.05) is 17.5 Å². The van der Waals surface area contributed by atoms with Crippen LogP contribution in [0.4, 0.5) is 5.82 Å². The largest absolute Gasteiger partial charge is 0.387 e. The van der Waals surface area contributed by atoms with E-state index in [1.165, 1.54) is 17.9 Å². The molecule has 5 N–H and O–H groups in total. The fourth-order valence-corrected chi connectivity index (χ4v) is 4.92. The third-order valence-electron chi connectivity index (χ3n) is 6.17. The van der Waals surface area contributed by atoms with Gasteiger partial charge >= 0.3 is 0 Å². The molecular weight excluding hydrogens is 522 g/mol. The van der Waals surface area contributed by atoms with Gasteiger partial charge in [-0.3, -0.25) is 14.2 Å². The molecular formula is C26H25N7O5S. The van der Waals surface area contributed by atoms with Crippen molar-refractivity contribution in [1.82, 2.24) is 29.7 Å². The number of aliphatic hydroxyl groups excluding tert-OH is 2. The number of amides is 2. The zero-order chi connectivity index (χ0) is 27.5. The number of aliphatic hydroxyl groups is 2. The average Bonchev–Trinajstić information content (AvgIpc) is 3.68. The molecule has 4 heterocycles. The Morgan fingerprint density at radius 3 is 2.69 bits per heavy atom. The lowest BCUT2D eigenvalue weighted by atomic mass is 10.1. The molecule has 12 nitrogen and oxygen atoms in total. The predicted octanol–water partition coefficient (Wildman–Crippen LogP) is 0.529. The number of hydrogen-bond acceptors (Lipinski definition) is 10. The van der Waals surface area contributed by atoms with E-state index in [-0.39, 0.29) is 35.3 Å². The number of nitrogens with one attached hydrogen (secondary N) is 1. The van der Waals surface area contributed by atoms with Crippen molar-refractivity contribution in [3.8, 4) is 11.8 Å². The Morgan fingerprint density at radius 2 is 1.97 bits per heavy atom. The lowest BCUT2D eigenvalue weighted by Crippen LogP contribution is -2.41. The summed E-state index contributed by atoms with van der Waals surface area (Å²) >= 11 is 1.55. The van der Waals surface area contributed by atoms with Crippen LogP contribution in [0.5, 0.6) is 0 Å². The predicted molar refractivity (Wildman–Crippen MR) is 142 cm³/mol. The van der Waals surface area contributed by atoms with E-state index in [4.69, 9.17) is 10.5 Å². The molecule has 0 spiro atoms. The second-order valence-electron chi connectivity index (χ2n) is 8.71. The van der Waals surface area contributed by atoms with Crippen molar-refractivity contribution in [2.45, 2.75) is 31.1 Å². The molecule has 1 fully saturated rings. The van der Waals surface area contributed by atoms with Gasteiger partial charge < -0.3 is 30.9 Å². The molecule has 0 aliphatic carbocycles. The van der Waals surface area contributed by atoms with Crippen molar-refractivity contribution >= 4 is 40.1 Å². The number of fused-ring (bicyclic) bond motifs is 1. The Balaban J connectivity index is 1.41. The summed E-state index contributed by atoms with van der Waals surface area (Å²) in [7, 11) is 1.40. The Morgan fingerprint density at radius 1 is 1.18 bits per heavy atom. The number of nitrogens with zero attached hydrogens (tertiary/aromatic N) is 5. The van der Waals surface area contributed by atoms with Gasteiger partial charge in [0.05, 0.1) is 19.4 Å². The zero-order valence-corrected chi connectivity index (χ0v) is 21.6. The van der Waals surface area contributed by atoms with Gasteiger partial charge in [-0.1, -0.05) is 30.2 Å². The van der Waals surface area contributed by atoms with Gasteiger partial charge in [-0.25, -0.2) is 15.0 Å². The number of ether oxygens (including phenoxy) is 1. The van der Waals surface area contributed by atoms with Gasteiger partial charge in [0.2, 0.25) is 5.82 Å². The lowest BCUT2D eigenvalue weighted by molar-refractivity contribution is -0.137. The molecule has 5 rings (SSSR count). The van der Waals surface area contributed by atoms with E-state index in [1.807, 2.05) is 23.6 Å². The minimum absolute atomic E-state index is 0.0507. The van der Waals surface area contributed by atoms with E-state index >= 15 is 0 Å². The van der Waals surface area contributed by atoms with E-state index in [0.717, 1.165) is 4.88 Å². The minimum atomic E-state index is -1.46. The first-order chi connectivity index (χ1) is 18.9. The van der Waals surface area contributed by atoms with E-state index in [0.29, 0.717) is 12.1 Å². The standard InChI is InChI=1S/C26H25N7O5S/c1-28-24(36)21-19(34)20(35)26(38-21)33-14-29-18-22(27)30-17(31-23(18)33)10-5-11-32(13-16-9-6-12-39-16)25(37)15-7-3-2-4-8-15/h2-4,6-9,12,14,19-21,26,34-35H,11,13H2,1H3,(H,28,36)(H2,27,30,31)/t19-,20+,21?,26?/m0/s1. The summed E-state index contributed by atoms with van der Waals surface area (Å²) in [5.41, 5.74) is 7.10. The van der Waals surface area contributed by atoms with E-state index in [9.17, 15) is 19.8 Å². The van der Waals surface area contributed by atoms with Gasteiger partial charge in [-0.05, 0) is 29.5 Å². The molecule has 0 radical (unpaired) electrons. The Hall–Kier alpha value is -4.35. The van der Waals surface area contributed by atoms with E-state index < -0.39 is 30.4 Å². The van der Waals surface area contributed by atoms with Gasteiger partial charge in [0.25, 0.3) is 11.8 Å². The maximum atomic E-state index is 13.2. The number of anilines is 1. The van der Waals surface area contributed by atoms with Crippen LogP contribution in [0.3, 0.4) is 0 Å². The van der Waals surface area contributed by atoms with Crippen molar-refractivity contribution in [3.05, 3.63) is 70.4 Å². The maximum Gasteiger partial charge on any atom is 0.254 e. The second-order valence-corrected chi connectivity index (χ2v) is 9.74. The molecule has 3 aromatic heterocycles. The quantitative estimate of drug-likeness (QED) is 0.252. The van der Waals surface area contributed by atoms with Crippen LogP contribution >= 0.6 is 11.3 Å². The minimum Gasteiger partial charge on any atom is -0.387 e. The normalized spacial score (nSPS) is 20.4. The summed E-state index contributed by atoms with van der Waals surface area (Å²) in [4.78, 5) is 40.7. The Bertz CT molecular complexity index is 1550. The van der Waals surface area contributed by atoms with Gasteiger partial charge in [-0.15, -0.1) is 11.3 Å². The molecule has 4 atom stereocenters. The van der Waals surface area contributed by atoms with Crippen molar-refractivity contribution in [3.63, 3.8) is 0 Å². The highest BCUT2D eigenvalue weighted by molar-refractivity contribution is 7.09. The number of hydrogen-bond donors (Lipinski definition) is 4. The highest BCUT2D eigenvalue weighted by Gasteiger charge is 2.47. The third kappa shape index (κ3) is 5.31. The molecule has 1 aliphatic heterocycles. The zero-order valence-electron chi connectivity index (χ0n) is 20.8. The molecule has 1 aliphatic rings. The molecule has 2 unspecified atom stereocenters. The number of carbonyl (C=O) groups is 2. The molecule has 200 valence electrons. The molecule has 0 saturated carbocycles. The topological polar surface area (TPSA) is 169 Å². The summed E-state index contributed by atoms with van der Waals surface area (Å²) in [6.07, 6.45) is -3.97. The van der Waals surface area contributed by atoms with Crippen LogP contribution in [0.15, 0.2) is 54.2 Å². The summed E-state index contributed by atoms with van der Waals surface area (Å²) in [5.74, 6) is 5.20. The first-order valence-corrected chi connectivity index (χ1v) is 12.8. The number of likely N-dealkylation sites (N-methyl/N-ethyl adjacent to an activating group) is 1. The Kier molecular flexibility index (Phi) is 7.53. The highest BCUT2D eigenvalue weighted by Crippen LogP contribution is 2.32. The smallest absolute Gasteiger partial charge is 0.254 e. The van der Waals surface area contributed by atoms with Crippen LogP contribution in [-0.4, -0.2) is 78.4 Å². The Labute approximate surface area is 227 Å². The van der Waals surface area contributed by atoms with Crippen LogP contribution in [-0.2, 0) is 16.1 Å². The van der Waals surface area contributed by atoms with Gasteiger partial charge in [0.15, 0.2) is 23.8 Å². The molecule has 1 saturated heterocycles. The fraction of sp³-hybridized carbons (Fsp3) is 0.269. The maximum absolute atomic E-state index is 13.2. The van der Waals surface area contributed by atoms with Gasteiger partial charge in [-0.2, -0.15) is 0 Å². The highest BCUT2D eigenvalue weighted by atomic mass is 32.1. The number of carbonyl (C=O) groups excluding carboxylic acids is 2. The summed E-state index contributed by atoms with van der Waals surface area (Å²) in [6, 6.07) is 12.8. The SMILES string of the molecule is CNC(=O)C1OC(n2cnc3c(N)nc(C#CCN(Cc4cccs4)C(=O)c4ccccc4)nc32)[C@H](O)[C@@H]1O. The molecule has 13 heteroatoms. The molecule has 2 amide bonds. The number of aromatic nitrogens is 4. The lowest BCUT2D eigenvalue weighted by Gasteiger charge is -2.19. The first kappa shape index (κ1) is 26.3. The number of imidazole rings is 1. The van der Waals surface area contributed by atoms with Crippen molar-refractivity contribution < 1.29 is 24.5 Å². The molecule has 4 aromatic rings. The number of thiophene rings is 1. The number of nitrogen functional groups attached to an aromatic ring is 1. The summed E-state index contributed by atoms with van der Waals surface area (Å²) < 4.78 is 7.00. The van der Waals surface area contributed by atoms with Crippen molar-refractivity contribution in [2.75, 3.05) is 19.3 Å². The number of benzene rings is 1. The molecule has 1 aromatic carbocycles. The van der Waals surface area contributed by atoms with E-state index in [2.05, 4.69) is 32.1 Å². The fourth-order valence-electron chi connectivity index (χ4n) is 4.20. The van der Waals surface area contributed by atoms with E-state index in [1.54, 1.807) is 40.5 Å². The molecule has 39 heavy (non-hydrogen) atoms. The van der Waals surface area contributed by atoms with Crippen LogP contribution < -0.4 is 11.1 Å². The second kappa shape index (κ2) is 11.2. The summed E-state index contributed by atoms with van der Waals surface area (Å²) in [6.45, 7) is 0.497. The number of rotatable bonds is 6. The summed E-state index contributed by atoms with van der Waals surface area (Å²) in [5, 5.41) is 25.2.